The molecule has 2 aromatic carbocycles. The van der Waals surface area contributed by atoms with Gasteiger partial charge in [0.05, 0.1) is 27.7 Å². The highest BCUT2D eigenvalue weighted by Gasteiger charge is 2.22. The van der Waals surface area contributed by atoms with Gasteiger partial charge in [0.25, 0.3) is 5.69 Å². The summed E-state index contributed by atoms with van der Waals surface area (Å²) >= 11 is 6.53. The predicted octanol–water partition coefficient (Wildman–Crippen LogP) is 6.95. The zero-order chi connectivity index (χ0) is 28.3. The van der Waals surface area contributed by atoms with E-state index in [0.29, 0.717) is 26.5 Å². The second kappa shape index (κ2) is 9.71. The number of aromatic nitrogens is 7. The Labute approximate surface area is 240 Å². The maximum atomic E-state index is 14.1. The van der Waals surface area contributed by atoms with Crippen molar-refractivity contribution in [2.24, 2.45) is 14.1 Å². The predicted molar refractivity (Wildman–Crippen MR) is 154 cm³/mol. The van der Waals surface area contributed by atoms with Gasteiger partial charge in [-0.1, -0.05) is 0 Å². The molecule has 0 aliphatic carbocycles. The molecule has 200 valence electrons. The number of nitrogens with zero attached hydrogens (tertiary/aromatic N) is 7. The van der Waals surface area contributed by atoms with Gasteiger partial charge >= 0.3 is 0 Å². The number of nitro groups is 1. The van der Waals surface area contributed by atoms with E-state index in [1.807, 2.05) is 6.07 Å². The van der Waals surface area contributed by atoms with Gasteiger partial charge < -0.3 is 5.10 Å². The molecule has 0 bridgehead atoms. The van der Waals surface area contributed by atoms with Gasteiger partial charge in [-0.2, -0.15) is 5.10 Å². The van der Waals surface area contributed by atoms with Crippen molar-refractivity contribution in [2.75, 3.05) is 0 Å². The van der Waals surface area contributed by atoms with Crippen molar-refractivity contribution in [1.29, 1.82) is 0 Å². The van der Waals surface area contributed by atoms with Crippen molar-refractivity contribution in [1.82, 2.24) is 34.5 Å². The van der Waals surface area contributed by atoms with E-state index in [4.69, 9.17) is 0 Å². The van der Waals surface area contributed by atoms with Crippen LogP contribution >= 0.6 is 31.9 Å². The number of aromatic amines is 1. The van der Waals surface area contributed by atoms with Crippen LogP contribution in [0.4, 0.5) is 14.5 Å². The molecular weight excluding hydrogens is 654 g/mol. The normalized spacial score (nSPS) is 11.4. The molecule has 0 saturated heterocycles. The number of fused-ring (bicyclic) bond motifs is 6. The van der Waals surface area contributed by atoms with Crippen LogP contribution in [0.3, 0.4) is 0 Å². The lowest BCUT2D eigenvalue weighted by atomic mass is 10.1. The third kappa shape index (κ3) is 4.19. The summed E-state index contributed by atoms with van der Waals surface area (Å²) in [5, 5.41) is 20.4. The van der Waals surface area contributed by atoms with Crippen LogP contribution in [0.1, 0.15) is 0 Å². The maximum absolute atomic E-state index is 14.1. The number of benzene rings is 2. The Hall–Kier alpha value is -4.30. The van der Waals surface area contributed by atoms with Crippen LogP contribution in [-0.4, -0.2) is 39.4 Å². The standard InChI is InChI=1S/C13H8BrFN4O2.C13H8BrFN4/c1-18-13-9(6-17-18)8(2-3-10(13)15)12-11(19(20)21)4-7(14)5-16-12;1-19-13-7(5-17-19)11-9(3-8(13)15)18-10-2-6(14)4-16-12(10)11/h2-6H,1H3;2-5,17H,1H3. The van der Waals surface area contributed by atoms with Gasteiger partial charge in [-0.05, 0) is 50.1 Å². The molecule has 0 unspecified atom stereocenters. The number of aryl methyl sites for hydroxylation is 2. The first kappa shape index (κ1) is 26.0. The molecule has 0 spiro atoms. The highest BCUT2D eigenvalue weighted by molar-refractivity contribution is 9.10. The van der Waals surface area contributed by atoms with E-state index in [9.17, 15) is 18.9 Å². The largest absolute Gasteiger partial charge is 0.305 e. The second-order valence-electron chi connectivity index (χ2n) is 8.88. The smallest absolute Gasteiger partial charge is 0.296 e. The highest BCUT2D eigenvalue weighted by atomic mass is 79.9. The first-order chi connectivity index (χ1) is 19.1. The van der Waals surface area contributed by atoms with Gasteiger partial charge in [0.15, 0.2) is 5.82 Å². The molecule has 7 aromatic rings. The first-order valence-electron chi connectivity index (χ1n) is 11.6. The molecule has 0 aliphatic rings. The van der Waals surface area contributed by atoms with Crippen LogP contribution in [0.2, 0.25) is 0 Å². The molecule has 10 nitrogen and oxygen atoms in total. The number of hydrogen-bond acceptors (Lipinski definition) is 6. The van der Waals surface area contributed by atoms with Gasteiger partial charge in [0, 0.05) is 75.5 Å². The van der Waals surface area contributed by atoms with Crippen LogP contribution in [0.25, 0.3) is 55.0 Å². The lowest BCUT2D eigenvalue weighted by Crippen LogP contribution is -1.96. The molecule has 7 rings (SSSR count). The van der Waals surface area contributed by atoms with Crippen molar-refractivity contribution in [3.8, 4) is 11.3 Å². The molecule has 0 fully saturated rings. The summed E-state index contributed by atoms with van der Waals surface area (Å²) < 4.78 is 32.4. The maximum Gasteiger partial charge on any atom is 0.296 e. The number of nitrogens with one attached hydrogen (secondary N) is 1. The molecule has 5 heterocycles. The molecule has 14 heteroatoms. The summed E-state index contributed by atoms with van der Waals surface area (Å²) in [6, 6.07) is 7.45. The number of hydrogen-bond donors (Lipinski definition) is 1. The van der Waals surface area contributed by atoms with Crippen molar-refractivity contribution in [3.05, 3.63) is 85.8 Å². The topological polar surface area (TPSA) is 120 Å². The summed E-state index contributed by atoms with van der Waals surface area (Å²) in [7, 11) is 3.39. The average molecular weight is 670 g/mol. The Morgan fingerprint density at radius 2 is 1.68 bits per heavy atom. The van der Waals surface area contributed by atoms with Gasteiger partial charge in [0.2, 0.25) is 0 Å². The number of pyridine rings is 2. The van der Waals surface area contributed by atoms with Gasteiger partial charge in [0.1, 0.15) is 22.5 Å². The van der Waals surface area contributed by atoms with Crippen molar-refractivity contribution < 1.29 is 13.7 Å². The summed E-state index contributed by atoms with van der Waals surface area (Å²) in [5.74, 6) is -0.721. The Morgan fingerprint density at radius 3 is 2.45 bits per heavy atom. The minimum atomic E-state index is -0.515. The molecule has 0 atom stereocenters. The number of halogens is 4. The highest BCUT2D eigenvalue weighted by Crippen LogP contribution is 2.36. The SMILES string of the molecule is Cn1[nH]cc2c3c(cc(F)c21)nc1cc(Br)cnc13.Cn1ncc2c(-c3ncc(Br)cc3[N+](=O)[O-])ccc(F)c21. The fraction of sp³-hybridized carbons (Fsp3) is 0.0769. The van der Waals surface area contributed by atoms with E-state index in [2.05, 4.69) is 57.0 Å². The Kier molecular flexibility index (Phi) is 6.30. The Bertz CT molecular complexity index is 2140. The van der Waals surface area contributed by atoms with Crippen LogP contribution in [0, 0.1) is 21.7 Å². The fourth-order valence-electron chi connectivity index (χ4n) is 4.75. The minimum absolute atomic E-state index is 0.152. The van der Waals surface area contributed by atoms with Gasteiger partial charge in [-0.3, -0.25) is 24.5 Å². The second-order valence-corrected chi connectivity index (χ2v) is 10.7. The van der Waals surface area contributed by atoms with Crippen molar-refractivity contribution in [3.63, 3.8) is 0 Å². The molecule has 40 heavy (non-hydrogen) atoms. The quantitative estimate of drug-likeness (QED) is 0.157. The van der Waals surface area contributed by atoms with Crippen LogP contribution in [0.5, 0.6) is 0 Å². The van der Waals surface area contributed by atoms with Crippen LogP contribution < -0.4 is 0 Å². The van der Waals surface area contributed by atoms with Crippen LogP contribution in [-0.2, 0) is 14.1 Å². The van der Waals surface area contributed by atoms with Crippen LogP contribution in [0.15, 0.2) is 64.1 Å². The zero-order valence-electron chi connectivity index (χ0n) is 20.7. The van der Waals surface area contributed by atoms with Crippen molar-refractivity contribution >= 4 is 81.3 Å². The Morgan fingerprint density at radius 1 is 0.925 bits per heavy atom. The molecule has 5 aromatic heterocycles. The minimum Gasteiger partial charge on any atom is -0.305 e. The first-order valence-corrected chi connectivity index (χ1v) is 13.2. The van der Waals surface area contributed by atoms with E-state index < -0.39 is 10.7 Å². The zero-order valence-corrected chi connectivity index (χ0v) is 23.8. The number of H-pyrrole nitrogens is 1. The molecule has 0 aliphatic heterocycles. The van der Waals surface area contributed by atoms with E-state index >= 15 is 0 Å². The summed E-state index contributed by atoms with van der Waals surface area (Å²) in [6.45, 7) is 0. The molecule has 1 N–H and O–H groups in total. The number of rotatable bonds is 2. The van der Waals surface area contributed by atoms with Crippen molar-refractivity contribution in [2.45, 2.75) is 0 Å². The molecule has 0 amide bonds. The van der Waals surface area contributed by atoms with E-state index in [1.54, 1.807) is 31.2 Å². The molecule has 0 saturated carbocycles. The third-order valence-electron chi connectivity index (χ3n) is 6.46. The molecule has 0 radical (unpaired) electrons. The van der Waals surface area contributed by atoms with E-state index in [1.165, 1.54) is 41.3 Å². The van der Waals surface area contributed by atoms with Gasteiger partial charge in [-0.25, -0.2) is 18.7 Å². The van der Waals surface area contributed by atoms with E-state index in [0.717, 1.165) is 26.3 Å². The monoisotopic (exact) mass is 668 g/mol. The summed E-state index contributed by atoms with van der Waals surface area (Å²) in [5.41, 5.74) is 3.51. The lowest BCUT2D eigenvalue weighted by molar-refractivity contribution is -0.384. The third-order valence-corrected chi connectivity index (χ3v) is 7.32. The Balaban J connectivity index is 0.000000145. The molecular formula is C26H16Br2F2N8O2. The van der Waals surface area contributed by atoms with E-state index in [-0.39, 0.29) is 22.7 Å². The summed E-state index contributed by atoms with van der Waals surface area (Å²) in [4.78, 5) is 23.6. The van der Waals surface area contributed by atoms with Gasteiger partial charge in [-0.15, -0.1) is 0 Å². The summed E-state index contributed by atoms with van der Waals surface area (Å²) in [6.07, 6.45) is 6.45. The fourth-order valence-corrected chi connectivity index (χ4v) is 5.39. The average Bonchev–Trinajstić information content (AvgIpc) is 3.60. The lowest BCUT2D eigenvalue weighted by Gasteiger charge is -2.05.